The zero-order chi connectivity index (χ0) is 22.9. The van der Waals surface area contributed by atoms with Gasteiger partial charge in [0.1, 0.15) is 5.75 Å². The quantitative estimate of drug-likeness (QED) is 0.560. The number of benzene rings is 1. The van der Waals surface area contributed by atoms with Gasteiger partial charge in [0.05, 0.1) is 7.11 Å². The molecule has 2 aliphatic rings. The van der Waals surface area contributed by atoms with Crippen LogP contribution < -0.4 is 25.2 Å². The van der Waals surface area contributed by atoms with Crippen LogP contribution in [0.15, 0.2) is 42.7 Å². The second kappa shape index (κ2) is 11.7. The van der Waals surface area contributed by atoms with Gasteiger partial charge in [-0.1, -0.05) is 6.07 Å². The summed E-state index contributed by atoms with van der Waals surface area (Å²) in [6, 6.07) is 9.93. The summed E-state index contributed by atoms with van der Waals surface area (Å²) in [5, 5.41) is 6.05. The fourth-order valence-corrected chi connectivity index (χ4v) is 4.47. The number of rotatable bonds is 9. The van der Waals surface area contributed by atoms with Crippen LogP contribution in [0.5, 0.6) is 5.75 Å². The third kappa shape index (κ3) is 6.71. The predicted molar refractivity (Wildman–Crippen MR) is 130 cm³/mol. The van der Waals surface area contributed by atoms with Gasteiger partial charge in [-0.15, -0.1) is 0 Å². The first kappa shape index (κ1) is 23.1. The highest BCUT2D eigenvalue weighted by Crippen LogP contribution is 2.26. The van der Waals surface area contributed by atoms with Crippen molar-refractivity contribution in [3.05, 3.63) is 42.7 Å². The van der Waals surface area contributed by atoms with Crippen LogP contribution in [-0.4, -0.2) is 86.9 Å². The first-order chi connectivity index (χ1) is 16.2. The molecular formula is C24H35N7O2. The number of piperazine rings is 1. The van der Waals surface area contributed by atoms with Gasteiger partial charge in [0.25, 0.3) is 0 Å². The Labute approximate surface area is 196 Å². The molecular weight excluding hydrogens is 418 g/mol. The number of hydrogen-bond acceptors (Lipinski definition) is 7. The van der Waals surface area contributed by atoms with Gasteiger partial charge in [0.15, 0.2) is 0 Å². The molecule has 1 aromatic carbocycles. The molecule has 0 saturated carbocycles. The number of ether oxygens (including phenoxy) is 1. The number of nitrogens with one attached hydrogen (secondary N) is 2. The van der Waals surface area contributed by atoms with Gasteiger partial charge in [0, 0.05) is 76.5 Å². The van der Waals surface area contributed by atoms with E-state index in [1.807, 2.05) is 18.2 Å². The van der Waals surface area contributed by atoms with E-state index in [4.69, 9.17) is 4.74 Å². The molecule has 2 amide bonds. The molecule has 0 spiro atoms. The average molecular weight is 454 g/mol. The van der Waals surface area contributed by atoms with E-state index in [0.29, 0.717) is 19.0 Å². The second-order valence-electron chi connectivity index (χ2n) is 8.67. The van der Waals surface area contributed by atoms with Crippen LogP contribution in [0.1, 0.15) is 12.8 Å². The van der Waals surface area contributed by atoms with Crippen LogP contribution in [0.2, 0.25) is 0 Å². The minimum atomic E-state index is -0.0686. The van der Waals surface area contributed by atoms with Crippen LogP contribution in [0, 0.1) is 5.92 Å². The summed E-state index contributed by atoms with van der Waals surface area (Å²) < 4.78 is 5.33. The summed E-state index contributed by atoms with van der Waals surface area (Å²) in [6.45, 7) is 8.20. The van der Waals surface area contributed by atoms with Gasteiger partial charge in [0.2, 0.25) is 5.95 Å². The van der Waals surface area contributed by atoms with E-state index >= 15 is 0 Å². The Hall–Kier alpha value is -3.07. The molecule has 4 rings (SSSR count). The summed E-state index contributed by atoms with van der Waals surface area (Å²) in [5.41, 5.74) is 1.18. The third-order valence-electron chi connectivity index (χ3n) is 6.40. The maximum atomic E-state index is 12.2. The van der Waals surface area contributed by atoms with Crippen molar-refractivity contribution >= 4 is 17.7 Å². The van der Waals surface area contributed by atoms with Crippen LogP contribution in [0.4, 0.5) is 16.4 Å². The Balaban J connectivity index is 1.06. The molecule has 33 heavy (non-hydrogen) atoms. The molecule has 2 saturated heterocycles. The van der Waals surface area contributed by atoms with E-state index in [1.54, 1.807) is 19.5 Å². The number of carbonyl (C=O) groups is 1. The number of aromatic nitrogens is 2. The lowest BCUT2D eigenvalue weighted by Gasteiger charge is -2.34. The highest BCUT2D eigenvalue weighted by atomic mass is 16.5. The Morgan fingerprint density at radius 3 is 2.67 bits per heavy atom. The number of urea groups is 1. The van der Waals surface area contributed by atoms with E-state index < -0.39 is 0 Å². The fourth-order valence-electron chi connectivity index (χ4n) is 4.47. The average Bonchev–Trinajstić information content (AvgIpc) is 3.35. The van der Waals surface area contributed by atoms with Gasteiger partial charge in [-0.05, 0) is 43.5 Å². The lowest BCUT2D eigenvalue weighted by atomic mass is 10.1. The van der Waals surface area contributed by atoms with Crippen molar-refractivity contribution in [2.24, 2.45) is 5.92 Å². The molecule has 1 atom stereocenters. The Morgan fingerprint density at radius 1 is 1.06 bits per heavy atom. The van der Waals surface area contributed by atoms with Gasteiger partial charge in [-0.25, -0.2) is 14.8 Å². The van der Waals surface area contributed by atoms with E-state index in [2.05, 4.69) is 47.4 Å². The lowest BCUT2D eigenvalue weighted by Crippen LogP contribution is -2.47. The molecule has 1 unspecified atom stereocenters. The Bertz CT molecular complexity index is 874. The predicted octanol–water partition coefficient (Wildman–Crippen LogP) is 1.82. The van der Waals surface area contributed by atoms with Crippen LogP contribution >= 0.6 is 0 Å². The highest BCUT2D eigenvalue weighted by molar-refractivity contribution is 5.73. The molecule has 2 aliphatic heterocycles. The monoisotopic (exact) mass is 453 g/mol. The van der Waals surface area contributed by atoms with E-state index in [1.165, 1.54) is 5.69 Å². The summed E-state index contributed by atoms with van der Waals surface area (Å²) in [5.74, 6) is 2.15. The summed E-state index contributed by atoms with van der Waals surface area (Å²) in [7, 11) is 1.69. The zero-order valence-electron chi connectivity index (χ0n) is 19.4. The van der Waals surface area contributed by atoms with Gasteiger partial charge in [-0.2, -0.15) is 0 Å². The van der Waals surface area contributed by atoms with Crippen LogP contribution in [0.3, 0.4) is 0 Å². The van der Waals surface area contributed by atoms with Crippen molar-refractivity contribution in [2.75, 3.05) is 75.8 Å². The van der Waals surface area contributed by atoms with Gasteiger partial charge < -0.3 is 25.2 Å². The van der Waals surface area contributed by atoms with Crippen molar-refractivity contribution in [2.45, 2.75) is 12.8 Å². The molecule has 9 heteroatoms. The van der Waals surface area contributed by atoms with E-state index in [0.717, 1.165) is 70.4 Å². The Morgan fingerprint density at radius 2 is 1.88 bits per heavy atom. The fraction of sp³-hybridized carbons (Fsp3) is 0.542. The summed E-state index contributed by atoms with van der Waals surface area (Å²) in [4.78, 5) is 27.9. The number of methoxy groups -OCH3 is 1. The number of anilines is 2. The molecule has 9 nitrogen and oxygen atoms in total. The van der Waals surface area contributed by atoms with Crippen LogP contribution in [0.25, 0.3) is 0 Å². The largest absolute Gasteiger partial charge is 0.497 e. The lowest BCUT2D eigenvalue weighted by molar-refractivity contribution is 0.234. The van der Waals surface area contributed by atoms with Crippen molar-refractivity contribution in [3.63, 3.8) is 0 Å². The maximum absolute atomic E-state index is 12.2. The van der Waals surface area contributed by atoms with Gasteiger partial charge >= 0.3 is 6.03 Å². The summed E-state index contributed by atoms with van der Waals surface area (Å²) >= 11 is 0. The third-order valence-corrected chi connectivity index (χ3v) is 6.40. The molecule has 1 aromatic heterocycles. The molecule has 0 aliphatic carbocycles. The number of nitrogens with zero attached hydrogens (tertiary/aromatic N) is 5. The molecule has 178 valence electrons. The summed E-state index contributed by atoms with van der Waals surface area (Å²) in [6.07, 6.45) is 5.60. The molecule has 0 bridgehead atoms. The first-order valence-corrected chi connectivity index (χ1v) is 11.9. The molecule has 3 heterocycles. The molecule has 0 radical (unpaired) electrons. The SMILES string of the molecule is COc1cccc(N2CCC(CNC(=O)NCCCN3CCN(c4ncccn4)CC3)C2)c1. The minimum absolute atomic E-state index is 0.0686. The zero-order valence-corrected chi connectivity index (χ0v) is 19.4. The first-order valence-electron chi connectivity index (χ1n) is 11.9. The number of carbonyl (C=O) groups excluding carboxylic acids is 1. The van der Waals surface area contributed by atoms with Crippen molar-refractivity contribution < 1.29 is 9.53 Å². The smallest absolute Gasteiger partial charge is 0.314 e. The number of amides is 2. The Kier molecular flexibility index (Phi) is 8.19. The van der Waals surface area contributed by atoms with E-state index in [9.17, 15) is 4.79 Å². The highest BCUT2D eigenvalue weighted by Gasteiger charge is 2.23. The maximum Gasteiger partial charge on any atom is 0.314 e. The van der Waals surface area contributed by atoms with Crippen LogP contribution in [-0.2, 0) is 0 Å². The minimum Gasteiger partial charge on any atom is -0.497 e. The second-order valence-corrected chi connectivity index (χ2v) is 8.67. The topological polar surface area (TPSA) is 85.9 Å². The number of hydrogen-bond donors (Lipinski definition) is 2. The normalized spacial score (nSPS) is 18.9. The molecule has 2 fully saturated rings. The van der Waals surface area contributed by atoms with Crippen molar-refractivity contribution in [3.8, 4) is 5.75 Å². The van der Waals surface area contributed by atoms with Crippen molar-refractivity contribution in [1.29, 1.82) is 0 Å². The molecule has 2 N–H and O–H groups in total. The molecule has 2 aromatic rings. The standard InChI is InChI=1S/C24H35N7O2/c1-33-22-6-2-5-21(17-22)31-12-7-20(19-31)18-28-24(32)27-10-4-11-29-13-15-30(16-14-29)23-25-8-3-9-26-23/h2-3,5-6,8-9,17,20H,4,7,10-16,18-19H2,1H3,(H2,27,28,32). The van der Waals surface area contributed by atoms with Gasteiger partial charge in [-0.3, -0.25) is 4.90 Å². The van der Waals surface area contributed by atoms with E-state index in [-0.39, 0.29) is 6.03 Å². The van der Waals surface area contributed by atoms with Crippen molar-refractivity contribution in [1.82, 2.24) is 25.5 Å².